The Kier molecular flexibility index (Phi) is 8.77. The van der Waals surface area contributed by atoms with Crippen LogP contribution in [0.3, 0.4) is 0 Å². The summed E-state index contributed by atoms with van der Waals surface area (Å²) in [5, 5.41) is 3.43. The molecule has 0 bridgehead atoms. The van der Waals surface area contributed by atoms with Crippen molar-refractivity contribution in [1.82, 2.24) is 14.9 Å². The molecule has 7 nitrogen and oxygen atoms in total. The van der Waals surface area contributed by atoms with E-state index >= 15 is 0 Å². The number of hydrogen-bond donors (Lipinski definition) is 2. The first-order valence-electron chi connectivity index (χ1n) is 9.02. The zero-order chi connectivity index (χ0) is 20.9. The summed E-state index contributed by atoms with van der Waals surface area (Å²) in [6, 6.07) is 8.51. The molecule has 1 saturated heterocycles. The Morgan fingerprint density at radius 3 is 2.43 bits per heavy atom. The molecule has 0 amide bonds. The largest absolute Gasteiger partial charge is 0.433 e. The molecule has 2 heterocycles. The Hall–Kier alpha value is -2.02. The van der Waals surface area contributed by atoms with Gasteiger partial charge in [0.25, 0.3) is 0 Å². The number of nitrogens with one attached hydrogen (secondary N) is 1. The summed E-state index contributed by atoms with van der Waals surface area (Å²) in [6.07, 6.45) is -3.44. The number of aromatic nitrogens is 2. The summed E-state index contributed by atoms with van der Waals surface area (Å²) < 4.78 is 38.0. The van der Waals surface area contributed by atoms with E-state index in [1.807, 2.05) is 29.2 Å². The average Bonchev–Trinajstić information content (AvgIpc) is 2.71. The van der Waals surface area contributed by atoms with Crippen LogP contribution in [-0.2, 0) is 6.18 Å². The van der Waals surface area contributed by atoms with Crippen molar-refractivity contribution in [3.05, 3.63) is 47.2 Å². The number of guanidine groups is 1. The molecule has 0 aliphatic carbocycles. The van der Waals surface area contributed by atoms with Crippen molar-refractivity contribution >= 4 is 53.2 Å². The van der Waals surface area contributed by atoms with Crippen LogP contribution in [0.5, 0.6) is 0 Å². The molecule has 0 spiro atoms. The number of piperazine rings is 1. The molecule has 3 N–H and O–H groups in total. The first kappa shape index (κ1) is 24.3. The quantitative estimate of drug-likeness (QED) is 0.255. The summed E-state index contributed by atoms with van der Waals surface area (Å²) >= 11 is 5.92. The molecule has 0 atom stereocenters. The fraction of sp³-hybridized carbons (Fsp3) is 0.389. The van der Waals surface area contributed by atoms with Crippen LogP contribution >= 0.6 is 35.6 Å². The van der Waals surface area contributed by atoms with E-state index in [0.717, 1.165) is 44.1 Å². The Morgan fingerprint density at radius 2 is 1.80 bits per heavy atom. The van der Waals surface area contributed by atoms with Gasteiger partial charge in [0.05, 0.1) is 6.54 Å². The average molecular weight is 556 g/mol. The molecule has 2 aromatic rings. The minimum atomic E-state index is -4.50. The number of nitrogens with zero attached hydrogens (tertiary/aromatic N) is 5. The molecule has 0 radical (unpaired) electrons. The minimum absolute atomic E-state index is 0. The molecular formula is C18H22ClF3IN7. The fourth-order valence-corrected chi connectivity index (χ4v) is 3.01. The highest BCUT2D eigenvalue weighted by molar-refractivity contribution is 14.0. The lowest BCUT2D eigenvalue weighted by Gasteiger charge is -2.36. The van der Waals surface area contributed by atoms with Gasteiger partial charge in [0.1, 0.15) is 5.69 Å². The zero-order valence-electron chi connectivity index (χ0n) is 15.9. The number of rotatable bonds is 5. The van der Waals surface area contributed by atoms with Crippen LogP contribution in [0.2, 0.25) is 5.02 Å². The first-order valence-corrected chi connectivity index (χ1v) is 9.40. The van der Waals surface area contributed by atoms with E-state index in [0.29, 0.717) is 17.5 Å². The number of halogens is 5. The van der Waals surface area contributed by atoms with Gasteiger partial charge in [0.15, 0.2) is 5.96 Å². The van der Waals surface area contributed by atoms with Gasteiger partial charge in [-0.15, -0.1) is 24.0 Å². The molecule has 164 valence electrons. The molecule has 1 aromatic carbocycles. The fourth-order valence-electron chi connectivity index (χ4n) is 2.89. The van der Waals surface area contributed by atoms with Crippen LogP contribution in [0.15, 0.2) is 41.5 Å². The van der Waals surface area contributed by atoms with Gasteiger partial charge in [-0.05, 0) is 30.3 Å². The van der Waals surface area contributed by atoms with Gasteiger partial charge in [-0.25, -0.2) is 9.97 Å². The van der Waals surface area contributed by atoms with Crippen LogP contribution in [-0.4, -0.2) is 60.1 Å². The second kappa shape index (κ2) is 10.8. The van der Waals surface area contributed by atoms with Gasteiger partial charge in [0.2, 0.25) is 5.95 Å². The second-order valence-corrected chi connectivity index (χ2v) is 6.82. The maximum atomic E-state index is 12.7. The summed E-state index contributed by atoms with van der Waals surface area (Å²) in [4.78, 5) is 15.7. The molecule has 1 fully saturated rings. The summed E-state index contributed by atoms with van der Waals surface area (Å²) in [7, 11) is 0. The van der Waals surface area contributed by atoms with Crippen molar-refractivity contribution in [3.8, 4) is 0 Å². The van der Waals surface area contributed by atoms with Crippen LogP contribution < -0.4 is 16.0 Å². The lowest BCUT2D eigenvalue weighted by Crippen LogP contribution is -2.51. The van der Waals surface area contributed by atoms with Gasteiger partial charge in [-0.1, -0.05) is 11.6 Å². The normalized spacial score (nSPS) is 15.0. The van der Waals surface area contributed by atoms with Gasteiger partial charge in [-0.3, -0.25) is 4.99 Å². The highest BCUT2D eigenvalue weighted by Gasteiger charge is 2.32. The number of nitrogens with two attached hydrogens (primary N) is 1. The van der Waals surface area contributed by atoms with E-state index in [9.17, 15) is 13.2 Å². The van der Waals surface area contributed by atoms with Crippen molar-refractivity contribution < 1.29 is 13.2 Å². The number of aliphatic imine (C=N–C) groups is 1. The van der Waals surface area contributed by atoms with E-state index in [1.54, 1.807) is 0 Å². The monoisotopic (exact) mass is 555 g/mol. The van der Waals surface area contributed by atoms with E-state index in [1.165, 1.54) is 0 Å². The van der Waals surface area contributed by atoms with Crippen molar-refractivity contribution in [2.45, 2.75) is 6.18 Å². The summed E-state index contributed by atoms with van der Waals surface area (Å²) in [5.74, 6) is 0.317. The second-order valence-electron chi connectivity index (χ2n) is 6.38. The summed E-state index contributed by atoms with van der Waals surface area (Å²) in [6.45, 7) is 3.61. The van der Waals surface area contributed by atoms with E-state index in [4.69, 9.17) is 17.3 Å². The predicted molar refractivity (Wildman–Crippen MR) is 123 cm³/mol. The molecule has 1 aliphatic heterocycles. The third-order valence-electron chi connectivity index (χ3n) is 4.41. The molecule has 0 saturated carbocycles. The topological polar surface area (TPSA) is 82.7 Å². The maximum absolute atomic E-state index is 12.7. The zero-order valence-corrected chi connectivity index (χ0v) is 19.0. The highest BCUT2D eigenvalue weighted by Crippen LogP contribution is 2.27. The molecule has 3 rings (SSSR count). The lowest BCUT2D eigenvalue weighted by molar-refractivity contribution is -0.141. The van der Waals surface area contributed by atoms with Crippen LogP contribution in [0, 0.1) is 0 Å². The molecule has 0 unspecified atom stereocenters. The number of anilines is 2. The molecule has 12 heteroatoms. The Bertz CT molecular complexity index is 840. The van der Waals surface area contributed by atoms with Gasteiger partial charge >= 0.3 is 6.18 Å². The van der Waals surface area contributed by atoms with Gasteiger partial charge in [-0.2, -0.15) is 13.2 Å². The van der Waals surface area contributed by atoms with Crippen molar-refractivity contribution in [3.63, 3.8) is 0 Å². The number of hydrogen-bond acceptors (Lipinski definition) is 5. The smallest absolute Gasteiger partial charge is 0.370 e. The molecule has 30 heavy (non-hydrogen) atoms. The summed E-state index contributed by atoms with van der Waals surface area (Å²) in [5.41, 5.74) is 6.16. The third kappa shape index (κ3) is 6.76. The van der Waals surface area contributed by atoms with Crippen molar-refractivity contribution in [2.24, 2.45) is 10.7 Å². The number of alkyl halides is 3. The highest BCUT2D eigenvalue weighted by atomic mass is 127. The maximum Gasteiger partial charge on any atom is 0.433 e. The van der Waals surface area contributed by atoms with Crippen molar-refractivity contribution in [2.75, 3.05) is 49.5 Å². The molecular weight excluding hydrogens is 534 g/mol. The molecule has 1 aliphatic rings. The van der Waals surface area contributed by atoms with E-state index in [2.05, 4.69) is 25.2 Å². The predicted octanol–water partition coefficient (Wildman–Crippen LogP) is 3.32. The van der Waals surface area contributed by atoms with E-state index < -0.39 is 11.9 Å². The Morgan fingerprint density at radius 1 is 1.13 bits per heavy atom. The number of benzene rings is 1. The Labute approximate surface area is 194 Å². The van der Waals surface area contributed by atoms with Gasteiger partial charge in [0, 0.05) is 49.6 Å². The van der Waals surface area contributed by atoms with Gasteiger partial charge < -0.3 is 20.9 Å². The SMILES string of the molecule is I.NC(=NCCNc1nccc(C(F)(F)F)n1)N1CCN(c2ccc(Cl)cc2)CC1. The molecule has 1 aromatic heterocycles. The lowest BCUT2D eigenvalue weighted by atomic mass is 10.2. The van der Waals surface area contributed by atoms with Crippen LogP contribution in [0.25, 0.3) is 0 Å². The van der Waals surface area contributed by atoms with E-state index in [-0.39, 0.29) is 36.5 Å². The first-order chi connectivity index (χ1) is 13.8. The Balaban J connectivity index is 0.00000320. The minimum Gasteiger partial charge on any atom is -0.370 e. The third-order valence-corrected chi connectivity index (χ3v) is 4.66. The van der Waals surface area contributed by atoms with Crippen LogP contribution in [0.4, 0.5) is 24.8 Å². The van der Waals surface area contributed by atoms with Crippen LogP contribution in [0.1, 0.15) is 5.69 Å². The standard InChI is InChI=1S/C18H21ClF3N7.HI/c19-13-1-3-14(4-2-13)28-9-11-29(12-10-28)16(23)24-7-8-26-17-25-6-5-15(27-17)18(20,21)22;/h1-6H,7-12H2,(H2,23,24)(H,25,26,27);1H. The van der Waals surface area contributed by atoms with Crippen molar-refractivity contribution in [1.29, 1.82) is 0 Å².